The Morgan fingerprint density at radius 3 is 2.69 bits per heavy atom. The molecule has 96 valence electrons. The van der Waals surface area contributed by atoms with Crippen molar-refractivity contribution in [3.63, 3.8) is 0 Å². The zero-order chi connectivity index (χ0) is 12.4. The van der Waals surface area contributed by atoms with Crippen LogP contribution in [0.15, 0.2) is 0 Å². The summed E-state index contributed by atoms with van der Waals surface area (Å²) >= 11 is 0. The van der Waals surface area contributed by atoms with Gasteiger partial charge in [-0.3, -0.25) is 4.79 Å². The van der Waals surface area contributed by atoms with E-state index in [0.29, 0.717) is 45.1 Å². The molecule has 0 aliphatic carbocycles. The third-order valence-corrected chi connectivity index (χ3v) is 1.92. The molecule has 1 atom stereocenters. The summed E-state index contributed by atoms with van der Waals surface area (Å²) in [4.78, 5) is 10.4. The Hall–Kier alpha value is -0.650. The summed E-state index contributed by atoms with van der Waals surface area (Å²) in [7, 11) is 0. The van der Waals surface area contributed by atoms with Crippen LogP contribution in [0.5, 0.6) is 0 Å². The average Bonchev–Trinajstić information content (AvgIpc) is 2.16. The Bertz CT molecular complexity index is 186. The highest BCUT2D eigenvalue weighted by Gasteiger charge is 2.04. The van der Waals surface area contributed by atoms with E-state index in [-0.39, 0.29) is 5.91 Å². The van der Waals surface area contributed by atoms with Gasteiger partial charge in [-0.25, -0.2) is 0 Å². The number of nitrogens with two attached hydrogens (primary N) is 1. The molecule has 0 aromatic rings. The fourth-order valence-corrected chi connectivity index (χ4v) is 1.16. The Labute approximate surface area is 97.3 Å². The summed E-state index contributed by atoms with van der Waals surface area (Å²) in [5.41, 5.74) is 4.99. The lowest BCUT2D eigenvalue weighted by molar-refractivity contribution is -0.118. The second-order valence-electron chi connectivity index (χ2n) is 4.36. The topological polar surface area (TPSA) is 84.6 Å². The number of amides is 1. The van der Waals surface area contributed by atoms with Crippen molar-refractivity contribution in [1.82, 2.24) is 5.32 Å². The van der Waals surface area contributed by atoms with Gasteiger partial charge < -0.3 is 20.9 Å². The van der Waals surface area contributed by atoms with Crippen LogP contribution in [0.2, 0.25) is 0 Å². The van der Waals surface area contributed by atoms with Crippen molar-refractivity contribution in [2.45, 2.75) is 32.8 Å². The third-order valence-electron chi connectivity index (χ3n) is 1.92. The number of carbonyl (C=O) groups is 1. The molecular weight excluding hydrogens is 208 g/mol. The Morgan fingerprint density at radius 1 is 1.44 bits per heavy atom. The Morgan fingerprint density at radius 2 is 2.12 bits per heavy atom. The number of hydrogen-bond donors (Lipinski definition) is 3. The van der Waals surface area contributed by atoms with Gasteiger partial charge in [0.15, 0.2) is 0 Å². The summed E-state index contributed by atoms with van der Waals surface area (Å²) in [6.07, 6.45) is 0.592. The van der Waals surface area contributed by atoms with Gasteiger partial charge >= 0.3 is 0 Å². The first kappa shape index (κ1) is 15.3. The molecule has 0 radical (unpaired) electrons. The van der Waals surface area contributed by atoms with Gasteiger partial charge in [0.1, 0.15) is 0 Å². The van der Waals surface area contributed by atoms with E-state index in [1.54, 1.807) is 0 Å². The van der Waals surface area contributed by atoms with Gasteiger partial charge in [-0.1, -0.05) is 13.8 Å². The van der Waals surface area contributed by atoms with Crippen LogP contribution in [0.25, 0.3) is 0 Å². The molecule has 0 aliphatic rings. The maximum Gasteiger partial charge on any atom is 0.217 e. The van der Waals surface area contributed by atoms with E-state index >= 15 is 0 Å². The van der Waals surface area contributed by atoms with Crippen molar-refractivity contribution < 1.29 is 14.6 Å². The second kappa shape index (κ2) is 9.57. The smallest absolute Gasteiger partial charge is 0.217 e. The van der Waals surface area contributed by atoms with Gasteiger partial charge in [0.2, 0.25) is 5.91 Å². The highest BCUT2D eigenvalue weighted by atomic mass is 16.5. The summed E-state index contributed by atoms with van der Waals surface area (Å²) in [5.74, 6) is 0.193. The first-order valence-corrected chi connectivity index (χ1v) is 5.77. The van der Waals surface area contributed by atoms with Gasteiger partial charge in [0.25, 0.3) is 0 Å². The van der Waals surface area contributed by atoms with Crippen molar-refractivity contribution in [2.24, 2.45) is 11.7 Å². The van der Waals surface area contributed by atoms with Crippen molar-refractivity contribution >= 4 is 5.91 Å². The molecule has 1 unspecified atom stereocenters. The van der Waals surface area contributed by atoms with Crippen LogP contribution in [-0.4, -0.2) is 43.4 Å². The van der Waals surface area contributed by atoms with Gasteiger partial charge in [0.05, 0.1) is 12.7 Å². The van der Waals surface area contributed by atoms with Crippen molar-refractivity contribution in [1.29, 1.82) is 0 Å². The molecule has 1 amide bonds. The number of nitrogens with one attached hydrogen (secondary N) is 1. The molecule has 0 aromatic carbocycles. The van der Waals surface area contributed by atoms with Gasteiger partial charge in [-0.2, -0.15) is 0 Å². The number of carbonyl (C=O) groups excluding carboxylic acids is 1. The number of rotatable bonds is 10. The molecule has 0 heterocycles. The maximum atomic E-state index is 10.4. The molecule has 0 spiro atoms. The van der Waals surface area contributed by atoms with Crippen LogP contribution in [0, 0.1) is 5.92 Å². The maximum absolute atomic E-state index is 10.4. The van der Waals surface area contributed by atoms with E-state index in [1.807, 2.05) is 0 Å². The SMILES string of the molecule is CC(C)COCC(O)CNCCCC(N)=O. The van der Waals surface area contributed by atoms with Crippen LogP contribution in [-0.2, 0) is 9.53 Å². The Kier molecular flexibility index (Phi) is 9.18. The van der Waals surface area contributed by atoms with Gasteiger partial charge in [0, 0.05) is 19.6 Å². The first-order valence-electron chi connectivity index (χ1n) is 5.77. The zero-order valence-corrected chi connectivity index (χ0v) is 10.2. The molecule has 0 fully saturated rings. The number of aliphatic hydroxyl groups is 1. The summed E-state index contributed by atoms with van der Waals surface area (Å²) in [6, 6.07) is 0. The largest absolute Gasteiger partial charge is 0.389 e. The number of primary amides is 1. The summed E-state index contributed by atoms with van der Waals surface area (Å²) in [5, 5.41) is 12.5. The molecule has 4 N–H and O–H groups in total. The monoisotopic (exact) mass is 232 g/mol. The van der Waals surface area contributed by atoms with Crippen molar-refractivity contribution in [3.8, 4) is 0 Å². The second-order valence-corrected chi connectivity index (χ2v) is 4.36. The standard InChI is InChI=1S/C11H24N2O3/c1-9(2)7-16-8-10(14)6-13-5-3-4-11(12)15/h9-10,13-14H,3-8H2,1-2H3,(H2,12,15). The predicted octanol–water partition coefficient (Wildman–Crippen LogP) is -0.125. The molecule has 0 saturated heterocycles. The van der Waals surface area contributed by atoms with Crippen molar-refractivity contribution in [2.75, 3.05) is 26.3 Å². The van der Waals surface area contributed by atoms with E-state index in [4.69, 9.17) is 10.5 Å². The molecule has 0 aliphatic heterocycles. The van der Waals surface area contributed by atoms with Crippen LogP contribution in [0.3, 0.4) is 0 Å². The van der Waals surface area contributed by atoms with Crippen LogP contribution < -0.4 is 11.1 Å². The van der Waals surface area contributed by atoms with E-state index < -0.39 is 6.10 Å². The molecule has 0 saturated carbocycles. The fourth-order valence-electron chi connectivity index (χ4n) is 1.16. The van der Waals surface area contributed by atoms with Crippen LogP contribution in [0.1, 0.15) is 26.7 Å². The first-order chi connectivity index (χ1) is 7.52. The minimum absolute atomic E-state index is 0.289. The number of hydrogen-bond acceptors (Lipinski definition) is 4. The van der Waals surface area contributed by atoms with Crippen molar-refractivity contribution in [3.05, 3.63) is 0 Å². The lowest BCUT2D eigenvalue weighted by Crippen LogP contribution is -2.31. The van der Waals surface area contributed by atoms with Gasteiger partial charge in [-0.05, 0) is 18.9 Å². The number of ether oxygens (including phenoxy) is 1. The molecule has 16 heavy (non-hydrogen) atoms. The lowest BCUT2D eigenvalue weighted by atomic mass is 10.2. The highest BCUT2D eigenvalue weighted by molar-refractivity contribution is 5.73. The average molecular weight is 232 g/mol. The predicted molar refractivity (Wildman–Crippen MR) is 63.0 cm³/mol. The van der Waals surface area contributed by atoms with Crippen LogP contribution in [0.4, 0.5) is 0 Å². The normalized spacial score (nSPS) is 13.0. The summed E-state index contributed by atoms with van der Waals surface area (Å²) < 4.78 is 5.29. The fraction of sp³-hybridized carbons (Fsp3) is 0.909. The molecular formula is C11H24N2O3. The molecule has 5 heteroatoms. The summed E-state index contributed by atoms with van der Waals surface area (Å²) in [6.45, 7) is 6.31. The van der Waals surface area contributed by atoms with E-state index in [0.717, 1.165) is 0 Å². The minimum atomic E-state index is -0.493. The van der Waals surface area contributed by atoms with Crippen LogP contribution >= 0.6 is 0 Å². The molecule has 5 nitrogen and oxygen atoms in total. The van der Waals surface area contributed by atoms with Gasteiger partial charge in [-0.15, -0.1) is 0 Å². The molecule has 0 aromatic heterocycles. The lowest BCUT2D eigenvalue weighted by Gasteiger charge is -2.13. The minimum Gasteiger partial charge on any atom is -0.389 e. The van der Waals surface area contributed by atoms with E-state index in [2.05, 4.69) is 19.2 Å². The van der Waals surface area contributed by atoms with E-state index in [9.17, 15) is 9.90 Å². The molecule has 0 bridgehead atoms. The molecule has 0 rings (SSSR count). The highest BCUT2D eigenvalue weighted by Crippen LogP contribution is 1.93. The zero-order valence-electron chi connectivity index (χ0n) is 10.2. The quantitative estimate of drug-likeness (QED) is 0.458. The van der Waals surface area contributed by atoms with E-state index in [1.165, 1.54) is 0 Å². The number of aliphatic hydroxyl groups excluding tert-OH is 1. The Balaban J connectivity index is 3.23. The third kappa shape index (κ3) is 11.4.